The first-order valence-electron chi connectivity index (χ1n) is 5.62. The van der Waals surface area contributed by atoms with Crippen LogP contribution in [0, 0.1) is 3.57 Å². The molecule has 0 spiro atoms. The van der Waals surface area contributed by atoms with Crippen molar-refractivity contribution < 1.29 is 40.6 Å². The van der Waals surface area contributed by atoms with E-state index in [2.05, 4.69) is 14.5 Å². The molecular formula is C11H8F6INO3. The van der Waals surface area contributed by atoms with E-state index in [-0.39, 0.29) is 6.61 Å². The zero-order chi connectivity index (χ0) is 17.1. The molecule has 1 aromatic heterocycles. The van der Waals surface area contributed by atoms with Crippen LogP contribution in [0.5, 0.6) is 5.75 Å². The van der Waals surface area contributed by atoms with Crippen LogP contribution in [0.2, 0.25) is 0 Å². The molecule has 0 saturated carbocycles. The van der Waals surface area contributed by atoms with Crippen LogP contribution in [0.25, 0.3) is 0 Å². The Morgan fingerprint density at radius 2 is 1.86 bits per heavy atom. The molecule has 0 amide bonds. The fraction of sp³-hybridized carbons (Fsp3) is 0.455. The fourth-order valence-corrected chi connectivity index (χ4v) is 2.11. The van der Waals surface area contributed by atoms with Gasteiger partial charge < -0.3 is 9.47 Å². The normalized spacial score (nSPS) is 12.2. The molecule has 1 rings (SSSR count). The molecule has 0 unspecified atom stereocenters. The summed E-state index contributed by atoms with van der Waals surface area (Å²) in [6, 6.07) is 0.526. The lowest BCUT2D eigenvalue weighted by atomic mass is 10.2. The van der Waals surface area contributed by atoms with Gasteiger partial charge in [-0.15, -0.1) is 13.2 Å². The number of pyridine rings is 1. The summed E-state index contributed by atoms with van der Waals surface area (Å²) in [6.07, 6.45) is -10.9. The van der Waals surface area contributed by atoms with E-state index in [4.69, 9.17) is 0 Å². The summed E-state index contributed by atoms with van der Waals surface area (Å²) in [5.41, 5.74) is -2.20. The van der Waals surface area contributed by atoms with E-state index < -0.39 is 45.6 Å². The molecule has 1 aromatic rings. The van der Waals surface area contributed by atoms with E-state index in [9.17, 15) is 31.1 Å². The first-order chi connectivity index (χ1) is 9.94. The van der Waals surface area contributed by atoms with Crippen LogP contribution < -0.4 is 4.74 Å². The third-order valence-corrected chi connectivity index (χ3v) is 2.95. The van der Waals surface area contributed by atoms with Gasteiger partial charge in [0.05, 0.1) is 18.7 Å². The fourth-order valence-electron chi connectivity index (χ4n) is 1.40. The van der Waals surface area contributed by atoms with Crippen molar-refractivity contribution in [2.24, 2.45) is 0 Å². The molecule has 0 fully saturated rings. The molecule has 0 N–H and O–H groups in total. The molecule has 0 aliphatic rings. The minimum atomic E-state index is -5.13. The number of rotatable bonds is 4. The maximum atomic E-state index is 12.7. The maximum Gasteiger partial charge on any atom is 0.573 e. The number of esters is 1. The summed E-state index contributed by atoms with van der Waals surface area (Å²) >= 11 is 1.18. The van der Waals surface area contributed by atoms with Gasteiger partial charge in [-0.2, -0.15) is 13.2 Å². The first kappa shape index (κ1) is 18.8. The molecule has 0 atom stereocenters. The van der Waals surface area contributed by atoms with Crippen molar-refractivity contribution in [2.75, 3.05) is 6.61 Å². The largest absolute Gasteiger partial charge is 0.573 e. The number of aromatic nitrogens is 1. The van der Waals surface area contributed by atoms with E-state index in [1.165, 1.54) is 29.5 Å². The highest BCUT2D eigenvalue weighted by Crippen LogP contribution is 2.35. The molecule has 0 radical (unpaired) electrons. The van der Waals surface area contributed by atoms with Crippen molar-refractivity contribution in [1.29, 1.82) is 0 Å². The van der Waals surface area contributed by atoms with Crippen molar-refractivity contribution >= 4 is 28.6 Å². The van der Waals surface area contributed by atoms with Crippen molar-refractivity contribution in [2.45, 2.75) is 25.9 Å². The average Bonchev–Trinajstić information content (AvgIpc) is 2.29. The van der Waals surface area contributed by atoms with E-state index in [1.54, 1.807) is 0 Å². The molecule has 11 heteroatoms. The lowest BCUT2D eigenvalue weighted by Gasteiger charge is -2.16. The van der Waals surface area contributed by atoms with E-state index in [0.29, 0.717) is 6.07 Å². The Balaban J connectivity index is 3.30. The van der Waals surface area contributed by atoms with Gasteiger partial charge in [0.15, 0.2) is 11.4 Å². The molecule has 1 heterocycles. The summed E-state index contributed by atoms with van der Waals surface area (Å²) in [5.74, 6) is -1.99. The minimum absolute atomic E-state index is 0.0786. The molecule has 124 valence electrons. The second-order valence-electron chi connectivity index (χ2n) is 3.79. The Morgan fingerprint density at radius 3 is 2.32 bits per heavy atom. The number of halogens is 7. The molecule has 0 saturated heterocycles. The van der Waals surface area contributed by atoms with Crippen LogP contribution in [0.4, 0.5) is 26.3 Å². The maximum absolute atomic E-state index is 12.7. The number of alkyl halides is 6. The Kier molecular flexibility index (Phi) is 5.87. The van der Waals surface area contributed by atoms with Crippen LogP contribution in [-0.2, 0) is 22.1 Å². The molecule has 0 bridgehead atoms. The lowest BCUT2D eigenvalue weighted by Crippen LogP contribution is -2.22. The second kappa shape index (κ2) is 6.87. The molecule has 0 aliphatic carbocycles. The summed E-state index contributed by atoms with van der Waals surface area (Å²) in [4.78, 5) is 14.4. The lowest BCUT2D eigenvalue weighted by molar-refractivity contribution is -0.275. The molecule has 0 aromatic carbocycles. The van der Waals surface area contributed by atoms with E-state index >= 15 is 0 Å². The Hall–Kier alpha value is -1.27. The van der Waals surface area contributed by atoms with E-state index in [0.717, 1.165) is 0 Å². The molecule has 22 heavy (non-hydrogen) atoms. The second-order valence-corrected chi connectivity index (χ2v) is 4.95. The third-order valence-electron chi connectivity index (χ3n) is 2.13. The van der Waals surface area contributed by atoms with Gasteiger partial charge in [-0.25, -0.2) is 4.98 Å². The van der Waals surface area contributed by atoms with Crippen LogP contribution in [0.3, 0.4) is 0 Å². The molecule has 0 aliphatic heterocycles. The third kappa shape index (κ3) is 5.50. The number of carbonyl (C=O) groups excluding carboxylic acids is 1. The number of hydrogen-bond donors (Lipinski definition) is 0. The topological polar surface area (TPSA) is 48.4 Å². The molecule has 4 nitrogen and oxygen atoms in total. The van der Waals surface area contributed by atoms with Crippen molar-refractivity contribution in [3.63, 3.8) is 0 Å². The van der Waals surface area contributed by atoms with Crippen LogP contribution in [0.1, 0.15) is 18.3 Å². The number of nitrogens with zero attached hydrogens (tertiary/aromatic N) is 1. The Bertz CT molecular complexity index is 558. The zero-order valence-electron chi connectivity index (χ0n) is 10.8. The number of carbonyl (C=O) groups is 1. The molecular weight excluding hydrogens is 435 g/mol. The van der Waals surface area contributed by atoms with Crippen molar-refractivity contribution in [3.8, 4) is 5.75 Å². The predicted octanol–water partition coefficient (Wildman–Crippen LogP) is 3.71. The summed E-state index contributed by atoms with van der Waals surface area (Å²) in [5, 5.41) is 0. The highest BCUT2D eigenvalue weighted by Gasteiger charge is 2.38. The van der Waals surface area contributed by atoms with Gasteiger partial charge in [-0.1, -0.05) is 0 Å². The van der Waals surface area contributed by atoms with Crippen molar-refractivity contribution in [3.05, 3.63) is 21.0 Å². The van der Waals surface area contributed by atoms with Gasteiger partial charge >= 0.3 is 18.5 Å². The summed E-state index contributed by atoms with van der Waals surface area (Å²) < 4.78 is 82.6. The quantitative estimate of drug-likeness (QED) is 0.405. The number of ether oxygens (including phenoxy) is 2. The Morgan fingerprint density at radius 1 is 1.27 bits per heavy atom. The average molecular weight is 443 g/mol. The highest BCUT2D eigenvalue weighted by atomic mass is 127. The highest BCUT2D eigenvalue weighted by molar-refractivity contribution is 14.1. The standard InChI is InChI=1S/C11H8F6INO3/c1-2-21-8(20)4-6-7(22-11(15,16)17)3-5(18)9(19-6)10(12,13)14/h3H,2,4H2,1H3. The monoisotopic (exact) mass is 443 g/mol. The Labute approximate surface area is 133 Å². The van der Waals surface area contributed by atoms with Crippen LogP contribution in [0.15, 0.2) is 6.07 Å². The van der Waals surface area contributed by atoms with Crippen molar-refractivity contribution in [1.82, 2.24) is 4.98 Å². The number of hydrogen-bond acceptors (Lipinski definition) is 4. The minimum Gasteiger partial charge on any atom is -0.466 e. The predicted molar refractivity (Wildman–Crippen MR) is 69.0 cm³/mol. The van der Waals surface area contributed by atoms with Gasteiger partial charge in [0.2, 0.25) is 0 Å². The first-order valence-corrected chi connectivity index (χ1v) is 6.70. The summed E-state index contributed by atoms with van der Waals surface area (Å²) in [6.45, 7) is 1.36. The smallest absolute Gasteiger partial charge is 0.466 e. The van der Waals surface area contributed by atoms with Gasteiger partial charge in [0.1, 0.15) is 0 Å². The van der Waals surface area contributed by atoms with Gasteiger partial charge in [-0.05, 0) is 35.6 Å². The van der Waals surface area contributed by atoms with Gasteiger partial charge in [0, 0.05) is 3.57 Å². The van der Waals surface area contributed by atoms with Crippen LogP contribution >= 0.6 is 22.6 Å². The van der Waals surface area contributed by atoms with E-state index in [1.807, 2.05) is 0 Å². The van der Waals surface area contributed by atoms with Gasteiger partial charge in [-0.3, -0.25) is 4.79 Å². The SMILES string of the molecule is CCOC(=O)Cc1nc(C(F)(F)F)c(I)cc1OC(F)(F)F. The zero-order valence-corrected chi connectivity index (χ0v) is 13.0. The van der Waals surface area contributed by atoms with Gasteiger partial charge in [0.25, 0.3) is 0 Å². The van der Waals surface area contributed by atoms with Crippen LogP contribution in [-0.4, -0.2) is 23.9 Å². The summed E-state index contributed by atoms with van der Waals surface area (Å²) in [7, 11) is 0.